The van der Waals surface area contributed by atoms with Crippen molar-refractivity contribution < 1.29 is 8.42 Å². The summed E-state index contributed by atoms with van der Waals surface area (Å²) in [4.78, 5) is 13.4. The number of piperidine rings is 1. The number of hydrogen-bond acceptors (Lipinski definition) is 6. The van der Waals surface area contributed by atoms with Crippen molar-refractivity contribution in [3.05, 3.63) is 48.3 Å². The number of anilines is 1. The maximum absolute atomic E-state index is 11.7. The van der Waals surface area contributed by atoms with Crippen molar-refractivity contribution in [3.63, 3.8) is 0 Å². The summed E-state index contributed by atoms with van der Waals surface area (Å²) >= 11 is 0. The highest BCUT2D eigenvalue weighted by molar-refractivity contribution is 7.88. The smallest absolute Gasteiger partial charge is 0.211 e. The highest BCUT2D eigenvalue weighted by Gasteiger charge is 2.25. The minimum atomic E-state index is -3.09. The van der Waals surface area contributed by atoms with Crippen LogP contribution in [0.1, 0.15) is 24.3 Å². The summed E-state index contributed by atoms with van der Waals surface area (Å²) in [7, 11) is -1.27. The third-order valence-corrected chi connectivity index (χ3v) is 6.60. The molecule has 1 fully saturated rings. The third kappa shape index (κ3) is 3.70. The number of sulfonamides is 1. The van der Waals surface area contributed by atoms with Gasteiger partial charge in [-0.2, -0.15) is 0 Å². The van der Waals surface area contributed by atoms with Crippen LogP contribution in [0.25, 0.3) is 22.3 Å². The number of fused-ring (bicyclic) bond motifs is 1. The van der Waals surface area contributed by atoms with Gasteiger partial charge in [0.15, 0.2) is 5.82 Å². The van der Waals surface area contributed by atoms with Crippen molar-refractivity contribution in [1.82, 2.24) is 19.3 Å². The van der Waals surface area contributed by atoms with Crippen LogP contribution in [-0.4, -0.2) is 54.1 Å². The standard InChI is InChI=1S/C20H23N5O2S/c1-21-20-19-18(22-9-10-23-19)13-17(24-20)16-5-3-14(4-6-16)15-7-11-25(12-8-15)28(2,26)27/h3-6,9-10,13,15H,7-8,11-12H2,1-2H3,(H,21,24). The van der Waals surface area contributed by atoms with E-state index in [4.69, 9.17) is 0 Å². The van der Waals surface area contributed by atoms with Crippen molar-refractivity contribution in [2.75, 3.05) is 31.7 Å². The molecule has 8 heteroatoms. The fourth-order valence-electron chi connectivity index (χ4n) is 3.74. The van der Waals surface area contributed by atoms with E-state index in [-0.39, 0.29) is 0 Å². The lowest BCUT2D eigenvalue weighted by Crippen LogP contribution is -2.37. The van der Waals surface area contributed by atoms with Crippen LogP contribution in [0, 0.1) is 0 Å². The van der Waals surface area contributed by atoms with E-state index in [1.165, 1.54) is 11.8 Å². The van der Waals surface area contributed by atoms with Crippen LogP contribution in [-0.2, 0) is 10.0 Å². The summed E-state index contributed by atoms with van der Waals surface area (Å²) in [6.07, 6.45) is 6.31. The molecule has 2 aromatic heterocycles. The van der Waals surface area contributed by atoms with Gasteiger partial charge in [-0.15, -0.1) is 0 Å². The molecule has 3 heterocycles. The Balaban J connectivity index is 1.57. The lowest BCUT2D eigenvalue weighted by atomic mass is 9.89. The molecule has 0 unspecified atom stereocenters. The average molecular weight is 398 g/mol. The van der Waals surface area contributed by atoms with E-state index < -0.39 is 10.0 Å². The van der Waals surface area contributed by atoms with E-state index in [0.29, 0.717) is 24.8 Å². The van der Waals surface area contributed by atoms with E-state index in [9.17, 15) is 8.42 Å². The second kappa shape index (κ2) is 7.44. The molecule has 4 rings (SSSR count). The molecule has 7 nitrogen and oxygen atoms in total. The molecule has 1 saturated heterocycles. The predicted octanol–water partition coefficient (Wildman–Crippen LogP) is 2.87. The van der Waals surface area contributed by atoms with E-state index in [1.807, 2.05) is 13.1 Å². The molecule has 28 heavy (non-hydrogen) atoms. The van der Waals surface area contributed by atoms with Crippen LogP contribution in [0.3, 0.4) is 0 Å². The molecular weight excluding hydrogens is 374 g/mol. The lowest BCUT2D eigenvalue weighted by Gasteiger charge is -2.30. The molecule has 1 aliphatic heterocycles. The third-order valence-electron chi connectivity index (χ3n) is 5.29. The topological polar surface area (TPSA) is 88.1 Å². The van der Waals surface area contributed by atoms with Gasteiger partial charge in [-0.05, 0) is 30.4 Å². The van der Waals surface area contributed by atoms with Crippen molar-refractivity contribution in [2.45, 2.75) is 18.8 Å². The number of aromatic nitrogens is 3. The average Bonchev–Trinajstić information content (AvgIpc) is 2.72. The number of rotatable bonds is 4. The molecule has 0 atom stereocenters. The van der Waals surface area contributed by atoms with Gasteiger partial charge in [0.25, 0.3) is 0 Å². The molecule has 1 aliphatic rings. The van der Waals surface area contributed by atoms with E-state index in [0.717, 1.165) is 35.1 Å². The maximum Gasteiger partial charge on any atom is 0.211 e. The van der Waals surface area contributed by atoms with Crippen molar-refractivity contribution in [1.29, 1.82) is 0 Å². The molecule has 0 bridgehead atoms. The first-order valence-corrected chi connectivity index (χ1v) is 11.2. The SMILES string of the molecule is CNc1nc(-c2ccc(C3CCN(S(C)(=O)=O)CC3)cc2)cc2nccnc12. The molecular formula is C20H23N5O2S. The molecule has 3 aromatic rings. The Labute approximate surface area is 164 Å². The molecule has 146 valence electrons. The Morgan fingerprint density at radius 3 is 2.39 bits per heavy atom. The summed E-state index contributed by atoms with van der Waals surface area (Å²) in [5.74, 6) is 1.09. The normalized spacial score (nSPS) is 16.4. The molecule has 0 aliphatic carbocycles. The van der Waals surface area contributed by atoms with Gasteiger partial charge in [0.2, 0.25) is 10.0 Å². The Kier molecular flexibility index (Phi) is 4.99. The number of hydrogen-bond donors (Lipinski definition) is 1. The number of pyridine rings is 1. The predicted molar refractivity (Wildman–Crippen MR) is 111 cm³/mol. The van der Waals surface area contributed by atoms with Gasteiger partial charge in [-0.3, -0.25) is 4.98 Å². The first-order valence-electron chi connectivity index (χ1n) is 9.30. The zero-order valence-electron chi connectivity index (χ0n) is 16.0. The minimum absolute atomic E-state index is 0.385. The van der Waals surface area contributed by atoms with E-state index in [1.54, 1.807) is 16.7 Å². The van der Waals surface area contributed by atoms with Crippen LogP contribution in [0.2, 0.25) is 0 Å². The summed E-state index contributed by atoms with van der Waals surface area (Å²) in [5, 5.41) is 3.09. The zero-order valence-corrected chi connectivity index (χ0v) is 16.8. The van der Waals surface area contributed by atoms with Crippen molar-refractivity contribution in [2.24, 2.45) is 0 Å². The van der Waals surface area contributed by atoms with Gasteiger partial charge in [0.1, 0.15) is 5.52 Å². The summed E-state index contributed by atoms with van der Waals surface area (Å²) < 4.78 is 24.9. The molecule has 0 amide bonds. The second-order valence-electron chi connectivity index (χ2n) is 7.09. The van der Waals surface area contributed by atoms with Crippen LogP contribution in [0.4, 0.5) is 5.82 Å². The lowest BCUT2D eigenvalue weighted by molar-refractivity contribution is 0.321. The van der Waals surface area contributed by atoms with Gasteiger partial charge in [-0.1, -0.05) is 24.3 Å². The van der Waals surface area contributed by atoms with E-state index in [2.05, 4.69) is 44.5 Å². The number of benzene rings is 1. The van der Waals surface area contributed by atoms with Gasteiger partial charge >= 0.3 is 0 Å². The summed E-state index contributed by atoms with van der Waals surface area (Å²) in [6.45, 7) is 1.17. The van der Waals surface area contributed by atoms with E-state index >= 15 is 0 Å². The van der Waals surface area contributed by atoms with Crippen LogP contribution in [0.5, 0.6) is 0 Å². The fraction of sp³-hybridized carbons (Fsp3) is 0.350. The maximum atomic E-state index is 11.7. The first kappa shape index (κ1) is 18.8. The van der Waals surface area contributed by atoms with Gasteiger partial charge in [0.05, 0.1) is 17.5 Å². The molecule has 0 radical (unpaired) electrons. The number of nitrogens with zero attached hydrogens (tertiary/aromatic N) is 4. The Morgan fingerprint density at radius 1 is 1.07 bits per heavy atom. The van der Waals surface area contributed by atoms with Crippen LogP contribution >= 0.6 is 0 Å². The summed E-state index contributed by atoms with van der Waals surface area (Å²) in [5.41, 5.74) is 4.65. The second-order valence-corrected chi connectivity index (χ2v) is 9.07. The molecule has 0 spiro atoms. The first-order chi connectivity index (χ1) is 13.5. The quantitative estimate of drug-likeness (QED) is 0.728. The Morgan fingerprint density at radius 2 is 1.75 bits per heavy atom. The molecule has 1 aromatic carbocycles. The largest absolute Gasteiger partial charge is 0.371 e. The summed E-state index contributed by atoms with van der Waals surface area (Å²) in [6, 6.07) is 10.3. The van der Waals surface area contributed by atoms with Gasteiger partial charge in [-0.25, -0.2) is 22.7 Å². The highest BCUT2D eigenvalue weighted by Crippen LogP contribution is 2.31. The van der Waals surface area contributed by atoms with Crippen LogP contribution < -0.4 is 5.32 Å². The molecule has 1 N–H and O–H groups in total. The minimum Gasteiger partial charge on any atom is -0.371 e. The van der Waals surface area contributed by atoms with Crippen LogP contribution in [0.15, 0.2) is 42.7 Å². The zero-order chi connectivity index (χ0) is 19.7. The highest BCUT2D eigenvalue weighted by atomic mass is 32.2. The molecule has 0 saturated carbocycles. The fourth-order valence-corrected chi connectivity index (χ4v) is 4.62. The Bertz CT molecular complexity index is 1090. The van der Waals surface area contributed by atoms with Gasteiger partial charge in [0, 0.05) is 38.1 Å². The monoisotopic (exact) mass is 397 g/mol. The number of nitrogens with one attached hydrogen (secondary N) is 1. The Hall–Kier alpha value is -2.58. The van der Waals surface area contributed by atoms with Crippen molar-refractivity contribution >= 4 is 26.9 Å². The van der Waals surface area contributed by atoms with Gasteiger partial charge < -0.3 is 5.32 Å². The van der Waals surface area contributed by atoms with Crippen molar-refractivity contribution in [3.8, 4) is 11.3 Å².